The summed E-state index contributed by atoms with van der Waals surface area (Å²) in [5, 5.41) is 19.2. The molecular formula is C28H49N5O6. The molecule has 0 saturated carbocycles. The van der Waals surface area contributed by atoms with E-state index in [1.165, 1.54) is 4.90 Å². The monoisotopic (exact) mass is 551 g/mol. The lowest BCUT2D eigenvalue weighted by Crippen LogP contribution is -2.56. The van der Waals surface area contributed by atoms with Gasteiger partial charge in [0.2, 0.25) is 23.6 Å². The molecule has 4 amide bonds. The maximum atomic E-state index is 13.6. The molecule has 0 aromatic carbocycles. The Balaban J connectivity index is 2.09. The molecule has 2 unspecified atom stereocenters. The molecule has 4 atom stereocenters. The normalized spacial score (nSPS) is 22.2. The third-order valence-electron chi connectivity index (χ3n) is 7.32. The maximum absolute atomic E-state index is 13.6. The van der Waals surface area contributed by atoms with Crippen molar-refractivity contribution >= 4 is 29.4 Å². The Morgan fingerprint density at radius 1 is 1.03 bits per heavy atom. The minimum Gasteiger partial charge on any atom is -0.391 e. The molecule has 2 heterocycles. The minimum absolute atomic E-state index is 0.00864. The number of amides is 4. The molecule has 0 spiro atoms. The molecule has 11 nitrogen and oxygen atoms in total. The molecule has 222 valence electrons. The molecule has 39 heavy (non-hydrogen) atoms. The average molecular weight is 552 g/mol. The predicted octanol–water partition coefficient (Wildman–Crippen LogP) is 0.734. The van der Waals surface area contributed by atoms with Gasteiger partial charge >= 0.3 is 0 Å². The predicted molar refractivity (Wildman–Crippen MR) is 148 cm³/mol. The molecule has 4 N–H and O–H groups in total. The van der Waals surface area contributed by atoms with E-state index in [0.29, 0.717) is 51.6 Å². The van der Waals surface area contributed by atoms with Gasteiger partial charge in [0.05, 0.1) is 18.7 Å². The molecule has 2 saturated heterocycles. The van der Waals surface area contributed by atoms with Gasteiger partial charge in [-0.25, -0.2) is 0 Å². The van der Waals surface area contributed by atoms with Crippen molar-refractivity contribution in [3.63, 3.8) is 0 Å². The van der Waals surface area contributed by atoms with Gasteiger partial charge in [-0.1, -0.05) is 41.5 Å². The molecule has 0 aromatic heterocycles. The molecule has 0 aliphatic carbocycles. The lowest BCUT2D eigenvalue weighted by molar-refractivity contribution is -0.147. The Kier molecular flexibility index (Phi) is 12.4. The van der Waals surface area contributed by atoms with E-state index in [9.17, 15) is 29.1 Å². The number of aliphatic hydroxyl groups excluding tert-OH is 1. The number of unbranched alkanes of at least 4 members (excludes halogenated alkanes) is 1. The van der Waals surface area contributed by atoms with E-state index in [-0.39, 0.29) is 49.1 Å². The Hall–Kier alpha value is -2.53. The third-order valence-corrected chi connectivity index (χ3v) is 7.32. The first-order valence-electron chi connectivity index (χ1n) is 14.4. The summed E-state index contributed by atoms with van der Waals surface area (Å²) < 4.78 is 0. The maximum Gasteiger partial charge on any atom is 0.246 e. The van der Waals surface area contributed by atoms with E-state index in [4.69, 9.17) is 0 Å². The van der Waals surface area contributed by atoms with Crippen LogP contribution < -0.4 is 16.0 Å². The lowest BCUT2D eigenvalue weighted by Gasteiger charge is -2.32. The molecule has 0 bridgehead atoms. The van der Waals surface area contributed by atoms with Crippen molar-refractivity contribution in [2.45, 2.75) is 117 Å². The van der Waals surface area contributed by atoms with Crippen LogP contribution >= 0.6 is 0 Å². The topological polar surface area (TPSA) is 148 Å². The summed E-state index contributed by atoms with van der Waals surface area (Å²) in [6.45, 7) is 12.2. The van der Waals surface area contributed by atoms with Crippen LogP contribution in [0.3, 0.4) is 0 Å². The fourth-order valence-corrected chi connectivity index (χ4v) is 5.10. The summed E-state index contributed by atoms with van der Waals surface area (Å²) in [5.74, 6) is -1.12. The number of nitrogens with zero attached hydrogens (tertiary/aromatic N) is 2. The first-order valence-corrected chi connectivity index (χ1v) is 14.4. The number of ketones is 1. The standard InChI is InChI=1S/C28H49N5O6/c1-7-23(35)29-13-9-8-11-20(25(37)28(4,5)6)31-26(38)22-15-19(34)17-33(22)27(39)21-12-10-14-32(21)24(36)16-30-18(2)3/h18-22,30,34H,7-17H2,1-6H3,(H,29,35)(H,31,38)/t19?,20?,21-,22-/m1/s1. The zero-order chi connectivity index (χ0) is 29.3. The second kappa shape index (κ2) is 14.7. The molecule has 2 fully saturated rings. The Morgan fingerprint density at radius 3 is 2.33 bits per heavy atom. The van der Waals surface area contributed by atoms with Crippen molar-refractivity contribution in [2.75, 3.05) is 26.2 Å². The first kappa shape index (κ1) is 32.7. The summed E-state index contributed by atoms with van der Waals surface area (Å²) >= 11 is 0. The van der Waals surface area contributed by atoms with Crippen LogP contribution in [0.4, 0.5) is 0 Å². The van der Waals surface area contributed by atoms with Crippen molar-refractivity contribution in [1.82, 2.24) is 25.8 Å². The Bertz CT molecular complexity index is 886. The van der Waals surface area contributed by atoms with Crippen LogP contribution in [-0.2, 0) is 24.0 Å². The van der Waals surface area contributed by atoms with E-state index < -0.39 is 35.6 Å². The fourth-order valence-electron chi connectivity index (χ4n) is 5.10. The molecule has 0 aromatic rings. The van der Waals surface area contributed by atoms with E-state index in [0.717, 1.165) is 0 Å². The highest BCUT2D eigenvalue weighted by Crippen LogP contribution is 2.26. The quantitative estimate of drug-likeness (QED) is 0.247. The van der Waals surface area contributed by atoms with Crippen molar-refractivity contribution in [2.24, 2.45) is 5.41 Å². The highest BCUT2D eigenvalue weighted by Gasteiger charge is 2.45. The molecule has 2 aliphatic rings. The number of β-amino-alcohol motifs (C(OH)–C–C–N with tert-alkyl or cyclic N) is 1. The number of carbonyl (C=O) groups is 5. The second-order valence-electron chi connectivity index (χ2n) is 12.1. The Morgan fingerprint density at radius 2 is 1.72 bits per heavy atom. The van der Waals surface area contributed by atoms with E-state index >= 15 is 0 Å². The van der Waals surface area contributed by atoms with Gasteiger partial charge in [-0.15, -0.1) is 0 Å². The zero-order valence-electron chi connectivity index (χ0n) is 24.5. The number of hydrogen-bond acceptors (Lipinski definition) is 7. The van der Waals surface area contributed by atoms with Gasteiger partial charge in [0.15, 0.2) is 5.78 Å². The number of carbonyl (C=O) groups excluding carboxylic acids is 5. The summed E-state index contributed by atoms with van der Waals surface area (Å²) in [4.78, 5) is 67.4. The van der Waals surface area contributed by atoms with Gasteiger partial charge in [-0.3, -0.25) is 24.0 Å². The molecule has 2 aliphatic heterocycles. The van der Waals surface area contributed by atoms with Gasteiger partial charge in [-0.05, 0) is 32.1 Å². The zero-order valence-corrected chi connectivity index (χ0v) is 24.5. The Labute approximate surface area is 232 Å². The van der Waals surface area contributed by atoms with Gasteiger partial charge in [0, 0.05) is 43.9 Å². The van der Waals surface area contributed by atoms with Crippen LogP contribution in [0.1, 0.15) is 86.5 Å². The summed E-state index contributed by atoms with van der Waals surface area (Å²) in [7, 11) is 0. The van der Waals surface area contributed by atoms with Crippen LogP contribution in [0.2, 0.25) is 0 Å². The molecular weight excluding hydrogens is 502 g/mol. The first-order chi connectivity index (χ1) is 18.3. The summed E-state index contributed by atoms with van der Waals surface area (Å²) in [6.07, 6.45) is 2.51. The summed E-state index contributed by atoms with van der Waals surface area (Å²) in [5.41, 5.74) is -0.687. The number of hydrogen-bond donors (Lipinski definition) is 4. The van der Waals surface area contributed by atoms with Crippen LogP contribution in [0.25, 0.3) is 0 Å². The number of Topliss-reactive ketones (excluding diaryl/α,β-unsaturated/α-hetero) is 1. The fraction of sp³-hybridized carbons (Fsp3) is 0.821. The number of rotatable bonds is 13. The summed E-state index contributed by atoms with van der Waals surface area (Å²) in [6, 6.07) is -2.21. The van der Waals surface area contributed by atoms with E-state index in [2.05, 4.69) is 16.0 Å². The minimum atomic E-state index is -0.919. The molecule has 11 heteroatoms. The second-order valence-corrected chi connectivity index (χ2v) is 12.1. The number of likely N-dealkylation sites (tertiary alicyclic amines) is 2. The smallest absolute Gasteiger partial charge is 0.246 e. The van der Waals surface area contributed by atoms with Crippen LogP contribution in [0, 0.1) is 5.41 Å². The SMILES string of the molecule is CCC(=O)NCCCCC(NC(=O)[C@H]1CC(O)CN1C(=O)[C@H]1CCCN1C(=O)CNC(C)C)C(=O)C(C)(C)C. The molecule has 0 radical (unpaired) electrons. The van der Waals surface area contributed by atoms with E-state index in [1.54, 1.807) is 32.6 Å². The third kappa shape index (κ3) is 9.56. The van der Waals surface area contributed by atoms with Gasteiger partial charge in [-0.2, -0.15) is 0 Å². The highest BCUT2D eigenvalue weighted by molar-refractivity contribution is 5.96. The van der Waals surface area contributed by atoms with Crippen molar-refractivity contribution in [3.8, 4) is 0 Å². The van der Waals surface area contributed by atoms with Crippen LogP contribution in [-0.4, -0.2) is 101 Å². The number of nitrogens with one attached hydrogen (secondary N) is 3. The molecule has 2 rings (SSSR count). The van der Waals surface area contributed by atoms with E-state index in [1.807, 2.05) is 13.8 Å². The van der Waals surface area contributed by atoms with Crippen molar-refractivity contribution in [3.05, 3.63) is 0 Å². The van der Waals surface area contributed by atoms with Gasteiger partial charge in [0.25, 0.3) is 0 Å². The van der Waals surface area contributed by atoms with Crippen LogP contribution in [0.15, 0.2) is 0 Å². The lowest BCUT2D eigenvalue weighted by atomic mass is 9.84. The number of aliphatic hydroxyl groups is 1. The van der Waals surface area contributed by atoms with Gasteiger partial charge in [0.1, 0.15) is 12.1 Å². The largest absolute Gasteiger partial charge is 0.391 e. The van der Waals surface area contributed by atoms with Crippen LogP contribution in [0.5, 0.6) is 0 Å². The highest BCUT2D eigenvalue weighted by atomic mass is 16.3. The van der Waals surface area contributed by atoms with Gasteiger partial charge < -0.3 is 30.9 Å². The van der Waals surface area contributed by atoms with Crippen molar-refractivity contribution < 1.29 is 29.1 Å². The van der Waals surface area contributed by atoms with Crippen molar-refractivity contribution in [1.29, 1.82) is 0 Å². The average Bonchev–Trinajstić information content (AvgIpc) is 3.51.